The minimum Gasteiger partial charge on any atom is -0.350 e. The van der Waals surface area contributed by atoms with Crippen LogP contribution < -0.4 is 15.5 Å². The Morgan fingerprint density at radius 2 is 1.52 bits per heavy atom. The molecule has 3 amide bonds. The van der Waals surface area contributed by atoms with Crippen LogP contribution >= 0.6 is 11.6 Å². The molecule has 0 aromatic heterocycles. The first-order chi connectivity index (χ1) is 15.7. The number of hydrogen-bond donors (Lipinski definition) is 2. The number of halogens is 2. The van der Waals surface area contributed by atoms with Gasteiger partial charge in [-0.25, -0.2) is 9.29 Å². The minimum absolute atomic E-state index is 0.169. The Morgan fingerprint density at radius 3 is 2.15 bits per heavy atom. The van der Waals surface area contributed by atoms with Crippen molar-refractivity contribution in [1.29, 1.82) is 0 Å². The first-order valence-corrected chi connectivity index (χ1v) is 10.4. The summed E-state index contributed by atoms with van der Waals surface area (Å²) in [5.41, 5.74) is 3.26. The van der Waals surface area contributed by atoms with Crippen LogP contribution in [0.1, 0.15) is 21.5 Å². The number of carbonyl (C=O) groups excluding carboxylic acids is 3. The zero-order valence-electron chi connectivity index (χ0n) is 17.8. The fraction of sp³-hybridized carbons (Fsp3) is 0.0800. The van der Waals surface area contributed by atoms with Gasteiger partial charge < -0.3 is 10.6 Å². The zero-order chi connectivity index (χ0) is 23.7. The number of para-hydroxylation sites is 1. The Hall–Kier alpha value is -3.97. The lowest BCUT2D eigenvalue weighted by Gasteiger charge is -2.15. The molecule has 3 aromatic carbocycles. The molecule has 0 spiro atoms. The minimum atomic E-state index is -0.821. The molecule has 8 heteroatoms. The molecule has 0 saturated heterocycles. The highest BCUT2D eigenvalue weighted by molar-refractivity contribution is 6.53. The fourth-order valence-corrected chi connectivity index (χ4v) is 3.78. The summed E-state index contributed by atoms with van der Waals surface area (Å²) < 4.78 is 14.1. The first-order valence-electron chi connectivity index (χ1n) is 10.0. The molecule has 1 aliphatic heterocycles. The van der Waals surface area contributed by atoms with Crippen LogP contribution in [0.4, 0.5) is 21.5 Å². The summed E-state index contributed by atoms with van der Waals surface area (Å²) in [7, 11) is 0. The second kappa shape index (κ2) is 8.88. The second-order valence-corrected chi connectivity index (χ2v) is 8.00. The molecule has 0 atom stereocenters. The molecule has 4 rings (SSSR count). The highest BCUT2D eigenvalue weighted by Crippen LogP contribution is 2.31. The average molecular weight is 464 g/mol. The summed E-state index contributed by atoms with van der Waals surface area (Å²) in [6.45, 7) is 3.90. The maximum absolute atomic E-state index is 14.1. The van der Waals surface area contributed by atoms with Gasteiger partial charge in [0.05, 0.1) is 5.69 Å². The Bertz CT molecular complexity index is 1300. The van der Waals surface area contributed by atoms with E-state index in [0.29, 0.717) is 21.8 Å². The number of rotatable bonds is 5. The van der Waals surface area contributed by atoms with Crippen LogP contribution in [0, 0.1) is 19.7 Å². The molecule has 0 radical (unpaired) electrons. The molecule has 0 aliphatic carbocycles. The van der Waals surface area contributed by atoms with Gasteiger partial charge in [-0.15, -0.1) is 0 Å². The lowest BCUT2D eigenvalue weighted by Crippen LogP contribution is -2.33. The van der Waals surface area contributed by atoms with Crippen LogP contribution in [0.5, 0.6) is 0 Å². The summed E-state index contributed by atoms with van der Waals surface area (Å²) in [6, 6.07) is 17.5. The number of aryl methyl sites for hydroxylation is 2. The Labute approximate surface area is 194 Å². The molecular weight excluding hydrogens is 445 g/mol. The highest BCUT2D eigenvalue weighted by Gasteiger charge is 2.40. The van der Waals surface area contributed by atoms with Crippen molar-refractivity contribution in [3.05, 3.63) is 100.0 Å². The Kier molecular flexibility index (Phi) is 5.98. The van der Waals surface area contributed by atoms with Crippen molar-refractivity contribution < 1.29 is 18.8 Å². The standard InChI is InChI=1S/C25H19ClFN3O3/c1-14-11-15(2)13-18(12-14)29-23(31)16-7-9-17(10-8-16)28-22-21(26)24(32)30(25(22)33)20-6-4-3-5-19(20)27/h3-13,28H,1-2H3,(H,29,31). The SMILES string of the molecule is Cc1cc(C)cc(NC(=O)c2ccc(NC3=C(Cl)C(=O)N(c4ccccc4F)C3=O)cc2)c1. The monoisotopic (exact) mass is 463 g/mol. The second-order valence-electron chi connectivity index (χ2n) is 7.62. The lowest BCUT2D eigenvalue weighted by molar-refractivity contribution is -0.120. The van der Waals surface area contributed by atoms with Crippen LogP contribution in [0.25, 0.3) is 0 Å². The number of amides is 3. The van der Waals surface area contributed by atoms with Gasteiger partial charge in [0.25, 0.3) is 17.7 Å². The van der Waals surface area contributed by atoms with Crippen molar-refractivity contribution in [2.24, 2.45) is 0 Å². The number of nitrogens with one attached hydrogen (secondary N) is 2. The third kappa shape index (κ3) is 4.49. The quantitative estimate of drug-likeness (QED) is 0.514. The summed E-state index contributed by atoms with van der Waals surface area (Å²) in [5.74, 6) is -2.60. The van der Waals surface area contributed by atoms with Crippen molar-refractivity contribution in [1.82, 2.24) is 0 Å². The average Bonchev–Trinajstić information content (AvgIpc) is 2.97. The topological polar surface area (TPSA) is 78.5 Å². The highest BCUT2D eigenvalue weighted by atomic mass is 35.5. The van der Waals surface area contributed by atoms with Gasteiger partial charge in [-0.05, 0) is 73.5 Å². The van der Waals surface area contributed by atoms with E-state index in [4.69, 9.17) is 11.6 Å². The summed E-state index contributed by atoms with van der Waals surface area (Å²) in [5, 5.41) is 5.31. The van der Waals surface area contributed by atoms with E-state index in [1.54, 1.807) is 24.3 Å². The van der Waals surface area contributed by atoms with E-state index in [2.05, 4.69) is 10.6 Å². The third-order valence-corrected chi connectivity index (χ3v) is 5.37. The van der Waals surface area contributed by atoms with E-state index in [1.165, 1.54) is 18.2 Å². The van der Waals surface area contributed by atoms with Crippen LogP contribution in [0.15, 0.2) is 77.5 Å². The van der Waals surface area contributed by atoms with E-state index in [9.17, 15) is 18.8 Å². The van der Waals surface area contributed by atoms with Crippen LogP contribution in [0.3, 0.4) is 0 Å². The normalized spacial score (nSPS) is 13.5. The molecule has 166 valence electrons. The molecule has 0 unspecified atom stereocenters. The molecule has 1 heterocycles. The van der Waals surface area contributed by atoms with Gasteiger partial charge in [0.15, 0.2) is 0 Å². The van der Waals surface area contributed by atoms with E-state index in [1.807, 2.05) is 32.0 Å². The zero-order valence-corrected chi connectivity index (χ0v) is 18.5. The molecule has 0 saturated carbocycles. The number of carbonyl (C=O) groups is 3. The van der Waals surface area contributed by atoms with E-state index >= 15 is 0 Å². The van der Waals surface area contributed by atoms with Gasteiger partial charge in [0.2, 0.25) is 0 Å². The molecule has 0 fully saturated rings. The van der Waals surface area contributed by atoms with Crippen LogP contribution in [-0.2, 0) is 9.59 Å². The van der Waals surface area contributed by atoms with E-state index in [-0.39, 0.29) is 22.3 Å². The van der Waals surface area contributed by atoms with Gasteiger partial charge in [-0.1, -0.05) is 29.8 Å². The van der Waals surface area contributed by atoms with Gasteiger partial charge in [-0.2, -0.15) is 0 Å². The van der Waals surface area contributed by atoms with Crippen molar-refractivity contribution in [3.8, 4) is 0 Å². The lowest BCUT2D eigenvalue weighted by atomic mass is 10.1. The largest absolute Gasteiger partial charge is 0.350 e. The Balaban J connectivity index is 1.49. The van der Waals surface area contributed by atoms with Gasteiger partial charge in [0.1, 0.15) is 16.5 Å². The number of imide groups is 1. The van der Waals surface area contributed by atoms with Crippen molar-refractivity contribution in [2.45, 2.75) is 13.8 Å². The maximum Gasteiger partial charge on any atom is 0.283 e. The predicted octanol–water partition coefficient (Wildman–Crippen LogP) is 5.13. The third-order valence-electron chi connectivity index (χ3n) is 5.02. The Morgan fingerprint density at radius 1 is 0.879 bits per heavy atom. The first kappa shape index (κ1) is 22.2. The van der Waals surface area contributed by atoms with Gasteiger partial charge >= 0.3 is 0 Å². The fourth-order valence-electron chi connectivity index (χ4n) is 3.56. The molecule has 33 heavy (non-hydrogen) atoms. The molecule has 0 bridgehead atoms. The number of benzene rings is 3. The summed E-state index contributed by atoms with van der Waals surface area (Å²) in [6.07, 6.45) is 0. The van der Waals surface area contributed by atoms with Gasteiger partial charge in [-0.3, -0.25) is 14.4 Å². The molecule has 2 N–H and O–H groups in total. The van der Waals surface area contributed by atoms with Crippen molar-refractivity contribution in [3.63, 3.8) is 0 Å². The number of nitrogens with zero attached hydrogens (tertiary/aromatic N) is 1. The van der Waals surface area contributed by atoms with Crippen molar-refractivity contribution >= 4 is 46.4 Å². The summed E-state index contributed by atoms with van der Waals surface area (Å²) >= 11 is 6.09. The van der Waals surface area contributed by atoms with Crippen LogP contribution in [0.2, 0.25) is 0 Å². The summed E-state index contributed by atoms with van der Waals surface area (Å²) in [4.78, 5) is 38.5. The predicted molar refractivity (Wildman–Crippen MR) is 126 cm³/mol. The molecular formula is C25H19ClFN3O3. The van der Waals surface area contributed by atoms with E-state index < -0.39 is 17.6 Å². The maximum atomic E-state index is 14.1. The van der Waals surface area contributed by atoms with Gasteiger partial charge in [0, 0.05) is 16.9 Å². The molecule has 6 nitrogen and oxygen atoms in total. The number of hydrogen-bond acceptors (Lipinski definition) is 4. The van der Waals surface area contributed by atoms with Crippen molar-refractivity contribution in [2.75, 3.05) is 15.5 Å². The van der Waals surface area contributed by atoms with Crippen LogP contribution in [-0.4, -0.2) is 17.7 Å². The van der Waals surface area contributed by atoms with E-state index in [0.717, 1.165) is 17.2 Å². The smallest absolute Gasteiger partial charge is 0.283 e. The number of anilines is 3. The molecule has 1 aliphatic rings. The molecule has 3 aromatic rings.